The van der Waals surface area contributed by atoms with Crippen LogP contribution in [-0.4, -0.2) is 270 Å². The molecule has 25 N–H and O–H groups in total. The van der Waals surface area contributed by atoms with Crippen molar-refractivity contribution in [3.8, 4) is 0 Å². The van der Waals surface area contributed by atoms with Gasteiger partial charge in [-0.15, -0.1) is 0 Å². The highest BCUT2D eigenvalue weighted by Gasteiger charge is 2.48. The quantitative estimate of drug-likeness (QED) is 0.0296. The van der Waals surface area contributed by atoms with Crippen LogP contribution in [0.15, 0.2) is 30.3 Å². The fourth-order valence-electron chi connectivity index (χ4n) is 14.0. The minimum Gasteiger partial charge on any atom is -0.394 e. The molecule has 0 bridgehead atoms. The zero-order chi connectivity index (χ0) is 107. The SMILES string of the molecule is CC(=O)NC(C)(C)C(=O)NC(C)C(=O)NC(C)(C)C(=O)NC(C)C(=O)NC(C)(C)C(=O)NC(C)(C)C(=O)NC(CCC(N)=O)C(=O)NC(C)(C)C(=O)NC(C(=O)NC(C)(C)C(=O)NCC(=O)NC(CC(C)C)C(=O)NC(C)(C)C(=O)N1CCCC1C(=O)NC(C(=O)NC(C)(C)C(=O)NC(C)(C)C(=O)NC(CCC(N)=O)C(=O)CC(CCC(N)=O)C(=O)NC(CO)Cc1ccccc1)C(C)C)C(C)C. The molecule has 1 aliphatic rings. The number of aliphatic hydroxyl groups is 1. The Morgan fingerprint density at radius 1 is 0.391 bits per heavy atom. The van der Waals surface area contributed by atoms with Crippen molar-refractivity contribution in [3.05, 3.63) is 35.9 Å². The number of rotatable bonds is 55. The topological polar surface area (TPSA) is 711 Å². The third-order valence-corrected chi connectivity index (χ3v) is 22.7. The Morgan fingerprint density at radius 3 is 1.20 bits per heavy atom. The van der Waals surface area contributed by atoms with Crippen molar-refractivity contribution >= 4 is 136 Å². The highest BCUT2D eigenvalue weighted by Crippen LogP contribution is 2.26. The number of carbonyl (C=O) groups excluding carboxylic acids is 23. The van der Waals surface area contributed by atoms with E-state index in [9.17, 15) is 115 Å². The van der Waals surface area contributed by atoms with Gasteiger partial charge in [0.2, 0.25) is 130 Å². The van der Waals surface area contributed by atoms with Gasteiger partial charge in [0.25, 0.3) is 0 Å². The van der Waals surface area contributed by atoms with Crippen LogP contribution < -0.4 is 113 Å². The second kappa shape index (κ2) is 51.0. The van der Waals surface area contributed by atoms with E-state index in [-0.39, 0.29) is 51.0 Å². The number of nitrogens with zero attached hydrogens (tertiary/aromatic N) is 1. The Balaban J connectivity index is 2.18. The van der Waals surface area contributed by atoms with E-state index in [4.69, 9.17) is 17.2 Å². The van der Waals surface area contributed by atoms with Crippen LogP contribution in [0.2, 0.25) is 0 Å². The molecule has 138 heavy (non-hydrogen) atoms. The molecule has 46 heteroatoms. The predicted octanol–water partition coefficient (Wildman–Crippen LogP) is -3.95. The maximum absolute atomic E-state index is 14.6. The molecule has 10 atom stereocenters. The van der Waals surface area contributed by atoms with Crippen LogP contribution in [0.25, 0.3) is 0 Å². The predicted molar refractivity (Wildman–Crippen MR) is 505 cm³/mol. The average molecular weight is 1950 g/mol. The number of likely N-dealkylation sites (tertiary alicyclic amines) is 1. The number of Topliss-reactive ketones (excluding diaryl/α,β-unsaturated/α-hetero) is 1. The zero-order valence-corrected chi connectivity index (χ0v) is 84.8. The molecule has 0 radical (unpaired) electrons. The van der Waals surface area contributed by atoms with Crippen LogP contribution in [0, 0.1) is 23.7 Å². The Morgan fingerprint density at radius 2 is 0.761 bits per heavy atom. The van der Waals surface area contributed by atoms with Gasteiger partial charge in [-0.2, -0.15) is 0 Å². The van der Waals surface area contributed by atoms with Gasteiger partial charge in [0.05, 0.1) is 25.2 Å². The van der Waals surface area contributed by atoms with Crippen LogP contribution in [0.4, 0.5) is 0 Å². The molecule has 1 aliphatic heterocycles. The van der Waals surface area contributed by atoms with E-state index < -0.39 is 297 Å². The van der Waals surface area contributed by atoms with Gasteiger partial charge >= 0.3 is 0 Å². The molecule has 1 aromatic rings. The summed E-state index contributed by atoms with van der Waals surface area (Å²) in [7, 11) is 0. The lowest BCUT2D eigenvalue weighted by Crippen LogP contribution is -2.67. The van der Waals surface area contributed by atoms with Gasteiger partial charge in [0.1, 0.15) is 92.1 Å². The molecule has 774 valence electrons. The van der Waals surface area contributed by atoms with E-state index in [1.54, 1.807) is 71.9 Å². The minimum atomic E-state index is -1.92. The standard InChI is InChI=1S/C92H152N22O24/c1-47(2)42-58(71(126)109-92(26,27)83(138)114-41-31-34-59(114)72(127)103-65(48(3)4)73(128)111-91(24,25)82(137)113-88(18,19)78(133)101-56(36-39-62(94)119)60(117)44-54(35-38-61(93)118)69(124)99-55(46-115)43-53-32-29-28-30-33-53)100-64(121)45-96-75(130)84(10,11)110-74(129)66(49(5)6)104-80(135)87(16,17)108-70(125)57(37-40-63(95)120)102-79(134)89(20,21)112-81(136)90(22,23)107-68(123)51(8)98-77(132)86(14,15)106-67(122)50(7)97-76(131)85(12,13)105-52(9)116/h28-30,32-33,47-51,54-59,65-66,115H,31,34-46H2,1-27H3,(H2,93,118)(H2,94,119)(H2,95,120)(H,96,130)(H,97,131)(H,98,132)(H,99,124)(H,100,121)(H,101,133)(H,102,134)(H,103,127)(H,104,135)(H,105,116)(H,106,122)(H,107,123)(H,108,125)(H,109,126)(H,110,129)(H,111,128)(H,112,136)(H,113,137). The second-order valence-corrected chi connectivity index (χ2v) is 41.1. The maximum atomic E-state index is 14.6. The van der Waals surface area contributed by atoms with Crippen molar-refractivity contribution in [2.75, 3.05) is 19.7 Å². The normalized spacial score (nSPS) is 15.2. The van der Waals surface area contributed by atoms with Gasteiger partial charge in [-0.05, 0) is 207 Å². The first-order valence-electron chi connectivity index (χ1n) is 45.9. The van der Waals surface area contributed by atoms with Crippen LogP contribution in [0.1, 0.15) is 257 Å². The first kappa shape index (κ1) is 121. The molecule has 1 saturated heterocycles. The molecule has 0 saturated carbocycles. The fourth-order valence-corrected chi connectivity index (χ4v) is 14.0. The Hall–Kier alpha value is -12.8. The summed E-state index contributed by atoms with van der Waals surface area (Å²) < 4.78 is 0. The van der Waals surface area contributed by atoms with Gasteiger partial charge in [-0.25, -0.2) is 0 Å². The van der Waals surface area contributed by atoms with Crippen LogP contribution in [0.5, 0.6) is 0 Å². The number of hydrogen-bond donors (Lipinski definition) is 22. The number of nitrogens with one attached hydrogen (secondary N) is 18. The summed E-state index contributed by atoms with van der Waals surface area (Å²) in [5.74, 6) is -22.1. The fraction of sp³-hybridized carbons (Fsp3) is 0.685. The molecule has 46 nitrogen and oxygen atoms in total. The van der Waals surface area contributed by atoms with Crippen LogP contribution in [0.3, 0.4) is 0 Å². The van der Waals surface area contributed by atoms with Crippen molar-refractivity contribution in [2.45, 2.75) is 362 Å². The highest BCUT2D eigenvalue weighted by molar-refractivity contribution is 6.05. The zero-order valence-electron chi connectivity index (χ0n) is 84.8. The number of benzene rings is 1. The lowest BCUT2D eigenvalue weighted by molar-refractivity contribution is -0.146. The van der Waals surface area contributed by atoms with Gasteiger partial charge in [-0.3, -0.25) is 110 Å². The van der Waals surface area contributed by atoms with E-state index in [1.807, 2.05) is 0 Å². The molecule has 0 aliphatic carbocycles. The number of ketones is 1. The van der Waals surface area contributed by atoms with E-state index in [0.29, 0.717) is 6.42 Å². The van der Waals surface area contributed by atoms with Gasteiger partial charge < -0.3 is 123 Å². The van der Waals surface area contributed by atoms with E-state index in [0.717, 1.165) is 5.56 Å². The monoisotopic (exact) mass is 1950 g/mol. The van der Waals surface area contributed by atoms with Crippen LogP contribution >= 0.6 is 0 Å². The molecule has 1 aromatic carbocycles. The van der Waals surface area contributed by atoms with Crippen molar-refractivity contribution < 1.29 is 115 Å². The molecule has 22 amide bonds. The molecule has 0 aromatic heterocycles. The summed E-state index contributed by atoms with van der Waals surface area (Å²) in [6, 6.07) is -2.77. The summed E-state index contributed by atoms with van der Waals surface area (Å²) >= 11 is 0. The number of amides is 22. The molecule has 0 spiro atoms. The summed E-state index contributed by atoms with van der Waals surface area (Å²) in [5.41, 5.74) is 1.11. The number of nitrogens with two attached hydrogens (primary N) is 3. The van der Waals surface area contributed by atoms with Crippen LogP contribution in [-0.2, 0) is 117 Å². The first-order chi connectivity index (χ1) is 63.0. The van der Waals surface area contributed by atoms with Crippen molar-refractivity contribution in [3.63, 3.8) is 0 Å². The Kier molecular flexibility index (Phi) is 44.8. The minimum absolute atomic E-state index is 0.00740. The van der Waals surface area contributed by atoms with Crippen molar-refractivity contribution in [1.29, 1.82) is 0 Å². The molecule has 1 fully saturated rings. The van der Waals surface area contributed by atoms with E-state index in [1.165, 1.54) is 150 Å². The molecular weight excluding hydrogens is 1800 g/mol. The number of carbonyl (C=O) groups is 23. The van der Waals surface area contributed by atoms with E-state index >= 15 is 0 Å². The molecule has 2 rings (SSSR count). The summed E-state index contributed by atoms with van der Waals surface area (Å²) in [6.07, 6.45) is -2.06. The highest BCUT2D eigenvalue weighted by atomic mass is 16.3. The van der Waals surface area contributed by atoms with Crippen molar-refractivity contribution in [1.82, 2.24) is 101 Å². The smallest absolute Gasteiger partial charge is 0.248 e. The lowest BCUT2D eigenvalue weighted by atomic mass is 9.90. The third kappa shape index (κ3) is 38.6. The summed E-state index contributed by atoms with van der Waals surface area (Å²) in [6.45, 7) is 36.1. The van der Waals surface area contributed by atoms with Gasteiger partial charge in [0.15, 0.2) is 5.78 Å². The summed E-state index contributed by atoms with van der Waals surface area (Å²) in [4.78, 5) is 313. The average Bonchev–Trinajstić information content (AvgIpc) is 1.56. The Bertz CT molecular complexity index is 4650. The molecular formula is C92H152N22O24. The molecule has 10 unspecified atom stereocenters. The largest absolute Gasteiger partial charge is 0.394 e. The summed E-state index contributed by atoms with van der Waals surface area (Å²) in [5, 5.41) is 56.0. The maximum Gasteiger partial charge on any atom is 0.248 e. The molecule has 1 heterocycles. The first-order valence-corrected chi connectivity index (χ1v) is 45.9. The number of aliphatic hydroxyl groups excluding tert-OH is 1. The van der Waals surface area contributed by atoms with Crippen molar-refractivity contribution in [2.24, 2.45) is 40.9 Å². The second-order valence-electron chi connectivity index (χ2n) is 41.1. The van der Waals surface area contributed by atoms with Gasteiger partial charge in [-0.1, -0.05) is 71.9 Å². The Labute approximate surface area is 806 Å². The third-order valence-electron chi connectivity index (χ3n) is 22.7. The number of hydrogen-bond acceptors (Lipinski definition) is 24. The van der Waals surface area contributed by atoms with E-state index in [2.05, 4.69) is 95.7 Å². The lowest BCUT2D eigenvalue weighted by Gasteiger charge is -2.36. The van der Waals surface area contributed by atoms with Gasteiger partial charge in [0, 0.05) is 45.1 Å². The number of primary amides is 3.